The Balaban J connectivity index is 1.89. The summed E-state index contributed by atoms with van der Waals surface area (Å²) in [6.07, 6.45) is 0.398. The Kier molecular flexibility index (Phi) is 4.71. The van der Waals surface area contributed by atoms with Crippen molar-refractivity contribution in [3.63, 3.8) is 0 Å². The molecule has 114 valence electrons. The van der Waals surface area contributed by atoms with E-state index in [1.165, 1.54) is 12.1 Å². The predicted molar refractivity (Wildman–Crippen MR) is 75.3 cm³/mol. The van der Waals surface area contributed by atoms with Crippen molar-refractivity contribution in [2.45, 2.75) is 24.5 Å². The van der Waals surface area contributed by atoms with Crippen LogP contribution in [0.3, 0.4) is 0 Å². The van der Waals surface area contributed by atoms with Gasteiger partial charge in [-0.3, -0.25) is 0 Å². The van der Waals surface area contributed by atoms with Crippen molar-refractivity contribution in [1.29, 1.82) is 0 Å². The number of aliphatic hydroxyl groups excluding tert-OH is 1. The predicted octanol–water partition coefficient (Wildman–Crippen LogP) is 0.605. The largest absolute Gasteiger partial charge is 0.387 e. The Morgan fingerprint density at radius 3 is 2.52 bits per heavy atom. The van der Waals surface area contributed by atoms with Crippen LogP contribution in [-0.4, -0.2) is 36.5 Å². The number of nitrogens with one attached hydrogen (secondary N) is 1. The Hall–Kier alpha value is -1.77. The number of aliphatic hydroxyl groups is 1. The molecule has 0 saturated heterocycles. The molecular formula is C13H17N3O4S. The number of sulfone groups is 1. The molecule has 0 bridgehead atoms. The quantitative estimate of drug-likeness (QED) is 0.805. The molecule has 0 aliphatic carbocycles. The van der Waals surface area contributed by atoms with E-state index in [0.29, 0.717) is 30.4 Å². The summed E-state index contributed by atoms with van der Waals surface area (Å²) in [5, 5.41) is 16.7. The first-order chi connectivity index (χ1) is 9.86. The second kappa shape index (κ2) is 6.33. The third-order valence-corrected chi connectivity index (χ3v) is 4.01. The third-order valence-electron chi connectivity index (χ3n) is 2.88. The first-order valence-corrected chi connectivity index (χ1v) is 8.23. The summed E-state index contributed by atoms with van der Waals surface area (Å²) in [6, 6.07) is 6.16. The fourth-order valence-corrected chi connectivity index (χ4v) is 2.41. The fraction of sp³-hybridized carbons (Fsp3) is 0.385. The van der Waals surface area contributed by atoms with Crippen molar-refractivity contribution in [1.82, 2.24) is 15.5 Å². The van der Waals surface area contributed by atoms with Gasteiger partial charge >= 0.3 is 0 Å². The lowest BCUT2D eigenvalue weighted by Crippen LogP contribution is -2.21. The van der Waals surface area contributed by atoms with Crippen LogP contribution < -0.4 is 5.32 Å². The lowest BCUT2D eigenvalue weighted by molar-refractivity contribution is 0.172. The normalized spacial score (nSPS) is 13.3. The second-order valence-electron chi connectivity index (χ2n) is 4.72. The summed E-state index contributed by atoms with van der Waals surface area (Å²) in [5.74, 6) is 1.01. The van der Waals surface area contributed by atoms with E-state index in [2.05, 4.69) is 15.5 Å². The number of aromatic nitrogens is 2. The van der Waals surface area contributed by atoms with E-state index < -0.39 is 15.9 Å². The minimum absolute atomic E-state index is 0.229. The number of hydrogen-bond donors (Lipinski definition) is 2. The second-order valence-corrected chi connectivity index (χ2v) is 6.74. The van der Waals surface area contributed by atoms with Crippen LogP contribution in [0.5, 0.6) is 0 Å². The summed E-state index contributed by atoms with van der Waals surface area (Å²) in [6.45, 7) is 2.38. The molecule has 8 heteroatoms. The minimum atomic E-state index is -3.22. The van der Waals surface area contributed by atoms with Crippen molar-refractivity contribution < 1.29 is 18.0 Å². The molecule has 1 aromatic heterocycles. The molecule has 0 saturated carbocycles. The van der Waals surface area contributed by atoms with Crippen LogP contribution in [0.1, 0.15) is 23.4 Å². The molecule has 7 nitrogen and oxygen atoms in total. The Morgan fingerprint density at radius 1 is 1.33 bits per heavy atom. The standard InChI is InChI=1S/C13H17N3O4S/c1-9-15-13(20-16-9)8-14-7-12(17)10-3-5-11(6-4-10)21(2,18)19/h3-6,12,14,17H,7-8H2,1-2H3. The van der Waals surface area contributed by atoms with Gasteiger partial charge in [-0.25, -0.2) is 8.42 Å². The molecule has 2 N–H and O–H groups in total. The Labute approximate surface area is 122 Å². The molecule has 0 radical (unpaired) electrons. The summed E-state index contributed by atoms with van der Waals surface area (Å²) < 4.78 is 27.6. The lowest BCUT2D eigenvalue weighted by atomic mass is 10.1. The molecular weight excluding hydrogens is 294 g/mol. The number of nitrogens with zero attached hydrogens (tertiary/aromatic N) is 2. The van der Waals surface area contributed by atoms with Gasteiger partial charge in [-0.2, -0.15) is 4.98 Å². The molecule has 2 rings (SSSR count). The molecule has 0 fully saturated rings. The van der Waals surface area contributed by atoms with E-state index in [9.17, 15) is 13.5 Å². The smallest absolute Gasteiger partial charge is 0.240 e. The van der Waals surface area contributed by atoms with Gasteiger partial charge in [-0.05, 0) is 24.6 Å². The van der Waals surface area contributed by atoms with Gasteiger partial charge in [0.15, 0.2) is 15.7 Å². The third kappa shape index (κ3) is 4.35. The maximum Gasteiger partial charge on any atom is 0.240 e. The molecule has 0 aliphatic heterocycles. The van der Waals surface area contributed by atoms with Gasteiger partial charge < -0.3 is 14.9 Å². The van der Waals surface area contributed by atoms with Gasteiger partial charge in [0, 0.05) is 12.8 Å². The Morgan fingerprint density at radius 2 is 2.00 bits per heavy atom. The van der Waals surface area contributed by atoms with Crippen molar-refractivity contribution in [2.24, 2.45) is 0 Å². The summed E-state index contributed by atoms with van der Waals surface area (Å²) in [5.41, 5.74) is 0.636. The van der Waals surface area contributed by atoms with Crippen LogP contribution in [0, 0.1) is 6.92 Å². The van der Waals surface area contributed by atoms with E-state index in [0.717, 1.165) is 6.26 Å². The molecule has 0 aliphatic rings. The number of rotatable bonds is 6. The van der Waals surface area contributed by atoms with Gasteiger partial charge in [-0.1, -0.05) is 17.3 Å². The zero-order valence-electron chi connectivity index (χ0n) is 11.8. The van der Waals surface area contributed by atoms with Gasteiger partial charge in [-0.15, -0.1) is 0 Å². The van der Waals surface area contributed by atoms with Crippen LogP contribution in [0.2, 0.25) is 0 Å². The SMILES string of the molecule is Cc1noc(CNCC(O)c2ccc(S(C)(=O)=O)cc2)n1. The van der Waals surface area contributed by atoms with Crippen LogP contribution >= 0.6 is 0 Å². The average Bonchev–Trinajstić information content (AvgIpc) is 2.83. The molecule has 21 heavy (non-hydrogen) atoms. The van der Waals surface area contributed by atoms with E-state index in [4.69, 9.17) is 4.52 Å². The fourth-order valence-electron chi connectivity index (χ4n) is 1.78. The van der Waals surface area contributed by atoms with E-state index in [-0.39, 0.29) is 4.90 Å². The molecule has 0 spiro atoms. The van der Waals surface area contributed by atoms with Gasteiger partial charge in [0.25, 0.3) is 0 Å². The molecule has 1 aromatic carbocycles. The van der Waals surface area contributed by atoms with Crippen LogP contribution in [0.25, 0.3) is 0 Å². The van der Waals surface area contributed by atoms with Crippen LogP contribution in [0.15, 0.2) is 33.7 Å². The highest BCUT2D eigenvalue weighted by Gasteiger charge is 2.11. The van der Waals surface area contributed by atoms with Gasteiger partial charge in [0.2, 0.25) is 5.89 Å². The minimum Gasteiger partial charge on any atom is -0.387 e. The van der Waals surface area contributed by atoms with Crippen molar-refractivity contribution in [2.75, 3.05) is 12.8 Å². The molecule has 1 atom stereocenters. The average molecular weight is 311 g/mol. The summed E-state index contributed by atoms with van der Waals surface area (Å²) >= 11 is 0. The topological polar surface area (TPSA) is 105 Å². The maximum atomic E-state index is 11.3. The van der Waals surface area contributed by atoms with Crippen molar-refractivity contribution in [3.05, 3.63) is 41.5 Å². The highest BCUT2D eigenvalue weighted by molar-refractivity contribution is 7.90. The van der Waals surface area contributed by atoms with Crippen LogP contribution in [-0.2, 0) is 16.4 Å². The highest BCUT2D eigenvalue weighted by Crippen LogP contribution is 2.16. The zero-order valence-corrected chi connectivity index (χ0v) is 12.6. The number of benzene rings is 1. The number of aryl methyl sites for hydroxylation is 1. The first kappa shape index (κ1) is 15.6. The molecule has 1 unspecified atom stereocenters. The Bertz CT molecular complexity index is 694. The summed E-state index contributed by atoms with van der Waals surface area (Å²) in [4.78, 5) is 4.26. The first-order valence-electron chi connectivity index (χ1n) is 6.34. The number of hydrogen-bond acceptors (Lipinski definition) is 7. The molecule has 0 amide bonds. The lowest BCUT2D eigenvalue weighted by Gasteiger charge is -2.11. The van der Waals surface area contributed by atoms with Gasteiger partial charge in [0.05, 0.1) is 17.5 Å². The van der Waals surface area contributed by atoms with Crippen LogP contribution in [0.4, 0.5) is 0 Å². The molecule has 1 heterocycles. The van der Waals surface area contributed by atoms with Crippen molar-refractivity contribution >= 4 is 9.84 Å². The highest BCUT2D eigenvalue weighted by atomic mass is 32.2. The van der Waals surface area contributed by atoms with Gasteiger partial charge in [0.1, 0.15) is 0 Å². The van der Waals surface area contributed by atoms with E-state index in [1.807, 2.05) is 0 Å². The maximum absolute atomic E-state index is 11.3. The van der Waals surface area contributed by atoms with Crippen molar-refractivity contribution in [3.8, 4) is 0 Å². The van der Waals surface area contributed by atoms with E-state index >= 15 is 0 Å². The van der Waals surface area contributed by atoms with E-state index in [1.54, 1.807) is 19.1 Å². The molecule has 2 aromatic rings. The zero-order chi connectivity index (χ0) is 15.5. The monoisotopic (exact) mass is 311 g/mol. The summed E-state index contributed by atoms with van der Waals surface area (Å²) in [7, 11) is -3.22.